The molecular formula is C16H26Cl2Zr. The molecule has 0 aliphatic heterocycles. The first-order valence-electron chi connectivity index (χ1n) is 5.31. The Kier molecular flexibility index (Phi) is 38.6. The Hall–Kier alpha value is 0.163. The molecule has 0 saturated heterocycles. The molecule has 0 atom stereocenters. The van der Waals surface area contributed by atoms with Crippen molar-refractivity contribution in [1.29, 1.82) is 0 Å². The van der Waals surface area contributed by atoms with Gasteiger partial charge in [0, 0.05) is 0 Å². The van der Waals surface area contributed by atoms with E-state index in [-0.39, 0.29) is 58.4 Å². The normalized spacial score (nSPS) is 6.53. The molecule has 0 unspecified atom stereocenters. The van der Waals surface area contributed by atoms with Crippen LogP contribution in [0.5, 0.6) is 0 Å². The Balaban J connectivity index is -0.0000000489. The van der Waals surface area contributed by atoms with Gasteiger partial charge < -0.3 is 13.8 Å². The van der Waals surface area contributed by atoms with Gasteiger partial charge in [-0.1, -0.05) is 13.8 Å². The minimum absolute atomic E-state index is 0. The zero-order valence-electron chi connectivity index (χ0n) is 12.5. The first-order valence-corrected chi connectivity index (χ1v) is 5.31. The maximum Gasteiger partial charge on any atom is 4.00 e. The Labute approximate surface area is 151 Å². The van der Waals surface area contributed by atoms with E-state index in [1.54, 1.807) is 0 Å². The number of hydrogen-bond acceptors (Lipinski definition) is 0. The van der Waals surface area contributed by atoms with Gasteiger partial charge in [-0.25, -0.2) is 23.3 Å². The largest absolute Gasteiger partial charge is 4.00 e. The summed E-state index contributed by atoms with van der Waals surface area (Å²) in [5, 5.41) is 0. The molecule has 2 rings (SSSR count). The Morgan fingerprint density at radius 2 is 1.11 bits per heavy atom. The molecule has 0 radical (unpaired) electrons. The standard InChI is InChI=1S/2C6H7.C3H7.CH3.2ClH.Zr/c2*1-6-4-2-3-5-6;1-3-2;;;;/h2*2-5H,1H3;3H,1-2H3;1H3;2*1H;/q4*-1;;;+4. The van der Waals surface area contributed by atoms with Crippen molar-refractivity contribution in [3.63, 3.8) is 0 Å². The Morgan fingerprint density at radius 1 is 0.842 bits per heavy atom. The maximum absolute atomic E-state index is 2.08. The quantitative estimate of drug-likeness (QED) is 0.496. The molecule has 2 aromatic rings. The molecule has 0 nitrogen and oxygen atoms in total. The molecule has 0 aliphatic carbocycles. The third-order valence-corrected chi connectivity index (χ3v) is 1.66. The first kappa shape index (κ1) is 31.5. The van der Waals surface area contributed by atoms with Gasteiger partial charge in [0.05, 0.1) is 0 Å². The van der Waals surface area contributed by atoms with Crippen molar-refractivity contribution < 1.29 is 26.2 Å². The Bertz CT molecular complexity index is 267. The SMILES string of the molecule is C[CH-]C.Cc1cc[cH-]c1.Cc1cc[cH-]c1.Cl.Cl.[CH3-].[Zr+4]. The van der Waals surface area contributed by atoms with Crippen LogP contribution in [0.1, 0.15) is 25.0 Å². The smallest absolute Gasteiger partial charge is 0.358 e. The third-order valence-electron chi connectivity index (χ3n) is 1.66. The fraction of sp³-hybridized carbons (Fsp3) is 0.250. The average Bonchev–Trinajstić information content (AvgIpc) is 2.81. The van der Waals surface area contributed by atoms with Gasteiger partial charge in [-0.15, -0.1) is 24.8 Å². The van der Waals surface area contributed by atoms with Crippen molar-refractivity contribution in [3.8, 4) is 0 Å². The second-order valence-corrected chi connectivity index (χ2v) is 3.50. The van der Waals surface area contributed by atoms with Crippen LogP contribution in [-0.2, 0) is 26.2 Å². The van der Waals surface area contributed by atoms with Crippen molar-refractivity contribution >= 4 is 24.8 Å². The summed E-state index contributed by atoms with van der Waals surface area (Å²) in [6.07, 6.45) is 2.00. The van der Waals surface area contributed by atoms with E-state index in [0.29, 0.717) is 0 Å². The fourth-order valence-electron chi connectivity index (χ4n) is 0.940. The average molecular weight is 381 g/mol. The summed E-state index contributed by atoms with van der Waals surface area (Å²) in [4.78, 5) is 0. The van der Waals surface area contributed by atoms with E-state index < -0.39 is 0 Å². The molecular weight excluding hydrogens is 354 g/mol. The third kappa shape index (κ3) is 23.7. The summed E-state index contributed by atoms with van der Waals surface area (Å²) in [6, 6.07) is 16.5. The minimum Gasteiger partial charge on any atom is -0.358 e. The molecule has 0 N–H and O–H groups in total. The molecule has 19 heavy (non-hydrogen) atoms. The van der Waals surface area contributed by atoms with E-state index >= 15 is 0 Å². The van der Waals surface area contributed by atoms with Gasteiger partial charge in [-0.2, -0.15) is 50.2 Å². The predicted octanol–water partition coefficient (Wildman–Crippen LogP) is 5.95. The molecule has 2 aromatic carbocycles. The van der Waals surface area contributed by atoms with Crippen LogP contribution in [0, 0.1) is 27.7 Å². The van der Waals surface area contributed by atoms with Crippen molar-refractivity contribution in [1.82, 2.24) is 0 Å². The van der Waals surface area contributed by atoms with Crippen molar-refractivity contribution in [2.45, 2.75) is 27.7 Å². The van der Waals surface area contributed by atoms with E-state index in [1.165, 1.54) is 11.1 Å². The minimum atomic E-state index is 0. The summed E-state index contributed by atoms with van der Waals surface area (Å²) >= 11 is 0. The van der Waals surface area contributed by atoms with Gasteiger partial charge in [-0.05, 0) is 0 Å². The molecule has 108 valence electrons. The molecule has 0 aliphatic rings. The van der Waals surface area contributed by atoms with Crippen molar-refractivity contribution in [2.75, 3.05) is 0 Å². The Morgan fingerprint density at radius 3 is 1.16 bits per heavy atom. The van der Waals surface area contributed by atoms with Crippen LogP contribution in [0.2, 0.25) is 0 Å². The van der Waals surface area contributed by atoms with E-state index in [9.17, 15) is 0 Å². The molecule has 0 heterocycles. The monoisotopic (exact) mass is 378 g/mol. The maximum atomic E-state index is 2.08. The van der Waals surface area contributed by atoms with E-state index in [2.05, 4.69) is 38.1 Å². The van der Waals surface area contributed by atoms with Gasteiger partial charge in [0.1, 0.15) is 0 Å². The fourth-order valence-corrected chi connectivity index (χ4v) is 0.940. The summed E-state index contributed by atoms with van der Waals surface area (Å²) in [5.41, 5.74) is 2.69. The summed E-state index contributed by atoms with van der Waals surface area (Å²) in [5.74, 6) is 0. The van der Waals surface area contributed by atoms with Gasteiger partial charge >= 0.3 is 26.2 Å². The molecule has 3 heteroatoms. The van der Waals surface area contributed by atoms with Crippen LogP contribution in [0.25, 0.3) is 0 Å². The van der Waals surface area contributed by atoms with E-state index in [1.807, 2.05) is 44.5 Å². The second kappa shape index (κ2) is 23.3. The topological polar surface area (TPSA) is 0 Å². The molecule has 0 spiro atoms. The first-order chi connectivity index (χ1) is 7.20. The van der Waals surface area contributed by atoms with Gasteiger partial charge in [0.15, 0.2) is 0 Å². The molecule has 0 amide bonds. The molecule has 0 bridgehead atoms. The number of aryl methyl sites for hydroxylation is 2. The summed E-state index contributed by atoms with van der Waals surface area (Å²) in [6.45, 7) is 8.17. The van der Waals surface area contributed by atoms with Gasteiger partial charge in [0.25, 0.3) is 0 Å². The van der Waals surface area contributed by atoms with Crippen LogP contribution in [-0.4, -0.2) is 0 Å². The van der Waals surface area contributed by atoms with Crippen LogP contribution < -0.4 is 0 Å². The summed E-state index contributed by atoms with van der Waals surface area (Å²) < 4.78 is 0. The molecule has 0 saturated carbocycles. The summed E-state index contributed by atoms with van der Waals surface area (Å²) in [7, 11) is 0. The van der Waals surface area contributed by atoms with Crippen LogP contribution in [0.4, 0.5) is 0 Å². The molecule has 0 fully saturated rings. The van der Waals surface area contributed by atoms with Crippen LogP contribution in [0.15, 0.2) is 48.5 Å². The zero-order valence-corrected chi connectivity index (χ0v) is 16.6. The predicted molar refractivity (Wildman–Crippen MR) is 90.1 cm³/mol. The molecule has 0 aromatic heterocycles. The van der Waals surface area contributed by atoms with Crippen molar-refractivity contribution in [2.24, 2.45) is 0 Å². The zero-order chi connectivity index (χ0) is 11.5. The van der Waals surface area contributed by atoms with Gasteiger partial charge in [0.2, 0.25) is 0 Å². The van der Waals surface area contributed by atoms with Gasteiger partial charge in [-0.3, -0.25) is 0 Å². The second-order valence-electron chi connectivity index (χ2n) is 3.50. The van der Waals surface area contributed by atoms with E-state index in [4.69, 9.17) is 0 Å². The number of rotatable bonds is 0. The van der Waals surface area contributed by atoms with E-state index in [0.717, 1.165) is 0 Å². The van der Waals surface area contributed by atoms with Crippen LogP contribution >= 0.6 is 24.8 Å². The van der Waals surface area contributed by atoms with Crippen LogP contribution in [0.3, 0.4) is 0 Å². The van der Waals surface area contributed by atoms with Crippen molar-refractivity contribution in [3.05, 3.63) is 73.5 Å². The number of hydrogen-bond donors (Lipinski definition) is 0. The number of halogens is 2.